The summed E-state index contributed by atoms with van der Waals surface area (Å²) < 4.78 is 0. The third kappa shape index (κ3) is 2.25. The van der Waals surface area contributed by atoms with Crippen molar-refractivity contribution < 1.29 is 9.90 Å². The lowest BCUT2D eigenvalue weighted by Gasteiger charge is -2.14. The van der Waals surface area contributed by atoms with Gasteiger partial charge in [-0.15, -0.1) is 0 Å². The number of aliphatic hydroxyl groups excluding tert-OH is 1. The molecular formula is C13H17NO2. The molecule has 0 spiro atoms. The normalized spacial score (nSPS) is 16.9. The van der Waals surface area contributed by atoms with Crippen molar-refractivity contribution >= 4 is 5.91 Å². The maximum atomic E-state index is 11.9. The Balaban J connectivity index is 1.98. The van der Waals surface area contributed by atoms with Crippen LogP contribution in [0, 0.1) is 5.92 Å². The Morgan fingerprint density at radius 2 is 2.00 bits per heavy atom. The third-order valence-corrected chi connectivity index (χ3v) is 3.08. The highest BCUT2D eigenvalue weighted by atomic mass is 16.3. The fourth-order valence-corrected chi connectivity index (χ4v) is 2.15. The minimum atomic E-state index is -0.156. The van der Waals surface area contributed by atoms with Gasteiger partial charge in [0.1, 0.15) is 0 Å². The van der Waals surface area contributed by atoms with Crippen LogP contribution in [0.5, 0.6) is 0 Å². The average Bonchev–Trinajstić information content (AvgIpc) is 2.72. The van der Waals surface area contributed by atoms with E-state index in [1.54, 1.807) is 6.92 Å². The van der Waals surface area contributed by atoms with Gasteiger partial charge in [-0.05, 0) is 30.9 Å². The quantitative estimate of drug-likeness (QED) is 0.793. The van der Waals surface area contributed by atoms with Crippen LogP contribution >= 0.6 is 0 Å². The number of hydrogen-bond donors (Lipinski definition) is 2. The first-order valence-electron chi connectivity index (χ1n) is 5.68. The molecule has 3 nitrogen and oxygen atoms in total. The van der Waals surface area contributed by atoms with E-state index in [2.05, 4.69) is 17.4 Å². The fourth-order valence-electron chi connectivity index (χ4n) is 2.15. The van der Waals surface area contributed by atoms with E-state index in [0.717, 1.165) is 12.8 Å². The summed E-state index contributed by atoms with van der Waals surface area (Å²) in [5.74, 6) is 0.0872. The molecule has 86 valence electrons. The van der Waals surface area contributed by atoms with E-state index in [-0.39, 0.29) is 24.5 Å². The van der Waals surface area contributed by atoms with Crippen molar-refractivity contribution in [3.63, 3.8) is 0 Å². The van der Waals surface area contributed by atoms with Crippen molar-refractivity contribution in [1.82, 2.24) is 5.32 Å². The molecule has 0 heterocycles. The second kappa shape index (κ2) is 4.66. The maximum absolute atomic E-state index is 11.9. The number of amides is 1. The monoisotopic (exact) mass is 219 g/mol. The number of rotatable bonds is 3. The van der Waals surface area contributed by atoms with Crippen LogP contribution in [0.3, 0.4) is 0 Å². The minimum Gasteiger partial charge on any atom is -0.394 e. The Labute approximate surface area is 95.5 Å². The zero-order valence-electron chi connectivity index (χ0n) is 9.44. The zero-order valence-corrected chi connectivity index (χ0v) is 9.44. The van der Waals surface area contributed by atoms with Crippen molar-refractivity contribution in [3.05, 3.63) is 35.4 Å². The molecule has 1 unspecified atom stereocenters. The van der Waals surface area contributed by atoms with Crippen LogP contribution in [-0.2, 0) is 17.6 Å². The SMILES string of the molecule is CC(CO)NC(=O)C1Cc2ccccc2C1. The first kappa shape index (κ1) is 11.1. The Kier molecular flexibility index (Phi) is 3.25. The number of carbonyl (C=O) groups is 1. The fraction of sp³-hybridized carbons (Fsp3) is 0.462. The van der Waals surface area contributed by atoms with Gasteiger partial charge in [0.05, 0.1) is 6.61 Å². The van der Waals surface area contributed by atoms with Crippen LogP contribution in [0.2, 0.25) is 0 Å². The van der Waals surface area contributed by atoms with E-state index >= 15 is 0 Å². The molecule has 1 aliphatic rings. The summed E-state index contributed by atoms with van der Waals surface area (Å²) in [7, 11) is 0. The first-order chi connectivity index (χ1) is 7.70. The second-order valence-corrected chi connectivity index (χ2v) is 4.47. The summed E-state index contributed by atoms with van der Waals surface area (Å²) in [6.45, 7) is 1.80. The van der Waals surface area contributed by atoms with Gasteiger partial charge in [-0.25, -0.2) is 0 Å². The molecular weight excluding hydrogens is 202 g/mol. The van der Waals surface area contributed by atoms with Gasteiger partial charge in [-0.3, -0.25) is 4.79 Å². The lowest BCUT2D eigenvalue weighted by atomic mass is 10.1. The summed E-state index contributed by atoms with van der Waals surface area (Å²) in [5, 5.41) is 11.7. The van der Waals surface area contributed by atoms with Gasteiger partial charge in [0.25, 0.3) is 0 Å². The molecule has 2 N–H and O–H groups in total. The third-order valence-electron chi connectivity index (χ3n) is 3.08. The highest BCUT2D eigenvalue weighted by Crippen LogP contribution is 2.26. The van der Waals surface area contributed by atoms with Gasteiger partial charge < -0.3 is 10.4 Å². The lowest BCUT2D eigenvalue weighted by molar-refractivity contribution is -0.125. The topological polar surface area (TPSA) is 49.3 Å². The highest BCUT2D eigenvalue weighted by molar-refractivity contribution is 5.80. The smallest absolute Gasteiger partial charge is 0.224 e. The van der Waals surface area contributed by atoms with E-state index in [0.29, 0.717) is 0 Å². The van der Waals surface area contributed by atoms with Crippen LogP contribution in [0.1, 0.15) is 18.1 Å². The summed E-state index contributed by atoms with van der Waals surface area (Å²) >= 11 is 0. The number of fused-ring (bicyclic) bond motifs is 1. The number of carbonyl (C=O) groups excluding carboxylic acids is 1. The molecule has 1 atom stereocenters. The largest absolute Gasteiger partial charge is 0.394 e. The van der Waals surface area contributed by atoms with E-state index < -0.39 is 0 Å². The van der Waals surface area contributed by atoms with E-state index in [1.807, 2.05) is 12.1 Å². The molecule has 3 heteroatoms. The Hall–Kier alpha value is -1.35. The molecule has 0 aromatic heterocycles. The van der Waals surface area contributed by atoms with Crippen LogP contribution < -0.4 is 5.32 Å². The van der Waals surface area contributed by atoms with Gasteiger partial charge in [-0.1, -0.05) is 24.3 Å². The summed E-state index contributed by atoms with van der Waals surface area (Å²) in [6.07, 6.45) is 1.64. The molecule has 1 amide bonds. The highest BCUT2D eigenvalue weighted by Gasteiger charge is 2.27. The standard InChI is InChI=1S/C13H17NO2/c1-9(8-15)14-13(16)12-6-10-4-2-3-5-11(10)7-12/h2-5,9,12,15H,6-8H2,1H3,(H,14,16). The predicted octanol–water partition coefficient (Wildman–Crippen LogP) is 0.898. The summed E-state index contributed by atoms with van der Waals surface area (Å²) in [4.78, 5) is 11.9. The Bertz CT molecular complexity index is 364. The summed E-state index contributed by atoms with van der Waals surface area (Å²) in [6, 6.07) is 8.03. The van der Waals surface area contributed by atoms with Gasteiger partial charge in [0.15, 0.2) is 0 Å². The lowest BCUT2D eigenvalue weighted by Crippen LogP contribution is -2.39. The molecule has 0 fully saturated rings. The molecule has 1 aromatic carbocycles. The number of benzene rings is 1. The minimum absolute atomic E-state index is 0.00852. The average molecular weight is 219 g/mol. The molecule has 1 aromatic rings. The molecule has 2 rings (SSSR count). The zero-order chi connectivity index (χ0) is 11.5. The van der Waals surface area contributed by atoms with E-state index in [1.165, 1.54) is 11.1 Å². The molecule has 0 saturated heterocycles. The molecule has 0 aliphatic heterocycles. The van der Waals surface area contributed by atoms with Gasteiger partial charge in [0.2, 0.25) is 5.91 Å². The van der Waals surface area contributed by atoms with Gasteiger partial charge in [0, 0.05) is 12.0 Å². The Morgan fingerprint density at radius 1 is 1.44 bits per heavy atom. The van der Waals surface area contributed by atoms with Crippen LogP contribution in [0.4, 0.5) is 0 Å². The van der Waals surface area contributed by atoms with Crippen molar-refractivity contribution in [1.29, 1.82) is 0 Å². The van der Waals surface area contributed by atoms with Crippen molar-refractivity contribution in [3.8, 4) is 0 Å². The Morgan fingerprint density at radius 3 is 2.50 bits per heavy atom. The summed E-state index contributed by atoms with van der Waals surface area (Å²) in [5.41, 5.74) is 2.55. The van der Waals surface area contributed by atoms with Gasteiger partial charge >= 0.3 is 0 Å². The molecule has 0 bridgehead atoms. The number of aliphatic hydroxyl groups is 1. The van der Waals surface area contributed by atoms with Crippen LogP contribution in [0.15, 0.2) is 24.3 Å². The van der Waals surface area contributed by atoms with Crippen molar-refractivity contribution in [2.75, 3.05) is 6.61 Å². The maximum Gasteiger partial charge on any atom is 0.224 e. The molecule has 1 aliphatic carbocycles. The van der Waals surface area contributed by atoms with E-state index in [9.17, 15) is 4.79 Å². The van der Waals surface area contributed by atoms with Crippen molar-refractivity contribution in [2.45, 2.75) is 25.8 Å². The molecule has 16 heavy (non-hydrogen) atoms. The predicted molar refractivity (Wildman–Crippen MR) is 62.0 cm³/mol. The number of hydrogen-bond acceptors (Lipinski definition) is 2. The number of nitrogens with one attached hydrogen (secondary N) is 1. The van der Waals surface area contributed by atoms with Crippen molar-refractivity contribution in [2.24, 2.45) is 5.92 Å². The first-order valence-corrected chi connectivity index (χ1v) is 5.68. The second-order valence-electron chi connectivity index (χ2n) is 4.47. The van der Waals surface area contributed by atoms with E-state index in [4.69, 9.17) is 5.11 Å². The molecule has 0 saturated carbocycles. The molecule has 0 radical (unpaired) electrons. The van der Waals surface area contributed by atoms with Crippen LogP contribution in [0.25, 0.3) is 0 Å². The van der Waals surface area contributed by atoms with Gasteiger partial charge in [-0.2, -0.15) is 0 Å². The van der Waals surface area contributed by atoms with Crippen LogP contribution in [-0.4, -0.2) is 23.7 Å².